The molecule has 1 aromatic heterocycles. The molecular formula is C24H20N4O5. The zero-order valence-corrected chi connectivity index (χ0v) is 17.9. The van der Waals surface area contributed by atoms with Crippen molar-refractivity contribution in [3.63, 3.8) is 0 Å². The lowest BCUT2D eigenvalue weighted by molar-refractivity contribution is 0.0599. The van der Waals surface area contributed by atoms with Gasteiger partial charge < -0.3 is 25.3 Å². The molecule has 3 N–H and O–H groups in total. The highest BCUT2D eigenvalue weighted by Gasteiger charge is 2.16. The van der Waals surface area contributed by atoms with E-state index in [-0.39, 0.29) is 28.5 Å². The number of nitrogens with one attached hydrogen (secondary N) is 1. The molecule has 0 amide bonds. The molecule has 9 nitrogen and oxygen atoms in total. The molecule has 166 valence electrons. The van der Waals surface area contributed by atoms with Gasteiger partial charge in [0.15, 0.2) is 5.82 Å². The molecule has 4 aromatic rings. The van der Waals surface area contributed by atoms with Crippen LogP contribution in [0.5, 0.6) is 11.6 Å². The molecule has 0 unspecified atom stereocenters. The Morgan fingerprint density at radius 3 is 2.18 bits per heavy atom. The normalized spacial score (nSPS) is 10.5. The van der Waals surface area contributed by atoms with Gasteiger partial charge in [-0.3, -0.25) is 0 Å². The molecule has 9 heteroatoms. The molecule has 0 aliphatic carbocycles. The van der Waals surface area contributed by atoms with Crippen molar-refractivity contribution in [2.75, 3.05) is 25.3 Å². The summed E-state index contributed by atoms with van der Waals surface area (Å²) in [4.78, 5) is 32.3. The molecule has 0 bridgehead atoms. The van der Waals surface area contributed by atoms with Crippen LogP contribution in [0.25, 0.3) is 10.8 Å². The topological polar surface area (TPSA) is 126 Å². The zero-order chi connectivity index (χ0) is 23.4. The smallest absolute Gasteiger partial charge is 0.337 e. The number of benzene rings is 3. The van der Waals surface area contributed by atoms with Gasteiger partial charge in [-0.1, -0.05) is 30.3 Å². The standard InChI is InChI=1S/C24H20N4O5/c1-31-23(29)16-9-17(24(30)32-2)11-18(10-16)28-21-20(25)22(27-13-26-21)33-19-8-7-14-5-3-4-6-15(14)12-19/h3-13H,25H2,1-2H3,(H,26,27,28). The minimum atomic E-state index is -0.611. The van der Waals surface area contributed by atoms with Gasteiger partial charge in [0.1, 0.15) is 17.8 Å². The molecule has 3 aromatic carbocycles. The van der Waals surface area contributed by atoms with Gasteiger partial charge in [0, 0.05) is 5.69 Å². The van der Waals surface area contributed by atoms with Crippen molar-refractivity contribution in [3.8, 4) is 11.6 Å². The molecule has 0 spiro atoms. The van der Waals surface area contributed by atoms with Crippen LogP contribution in [0.15, 0.2) is 67.0 Å². The van der Waals surface area contributed by atoms with Crippen LogP contribution in [0.2, 0.25) is 0 Å². The summed E-state index contributed by atoms with van der Waals surface area (Å²) in [5.74, 6) is -0.274. The van der Waals surface area contributed by atoms with E-state index in [1.807, 2.05) is 42.5 Å². The molecule has 0 aliphatic rings. The van der Waals surface area contributed by atoms with E-state index in [9.17, 15) is 9.59 Å². The number of carbonyl (C=O) groups is 2. The predicted molar refractivity (Wildman–Crippen MR) is 123 cm³/mol. The first-order valence-corrected chi connectivity index (χ1v) is 9.84. The first-order chi connectivity index (χ1) is 16.0. The number of anilines is 3. The average molecular weight is 444 g/mol. The van der Waals surface area contributed by atoms with Gasteiger partial charge in [0.2, 0.25) is 5.88 Å². The van der Waals surface area contributed by atoms with E-state index in [1.54, 1.807) is 0 Å². The fourth-order valence-corrected chi connectivity index (χ4v) is 3.21. The second-order valence-electron chi connectivity index (χ2n) is 6.96. The van der Waals surface area contributed by atoms with Crippen LogP contribution in [0.1, 0.15) is 20.7 Å². The third-order valence-corrected chi connectivity index (χ3v) is 4.82. The van der Waals surface area contributed by atoms with E-state index in [0.29, 0.717) is 11.4 Å². The third kappa shape index (κ3) is 4.67. The van der Waals surface area contributed by atoms with Gasteiger partial charge in [0.05, 0.1) is 25.3 Å². The van der Waals surface area contributed by atoms with E-state index in [0.717, 1.165) is 10.8 Å². The number of rotatable bonds is 6. The van der Waals surface area contributed by atoms with E-state index < -0.39 is 11.9 Å². The van der Waals surface area contributed by atoms with Gasteiger partial charge in [-0.2, -0.15) is 4.98 Å². The minimum absolute atomic E-state index is 0.147. The largest absolute Gasteiger partial charge is 0.465 e. The molecule has 0 atom stereocenters. The van der Waals surface area contributed by atoms with E-state index >= 15 is 0 Å². The number of aromatic nitrogens is 2. The molecule has 0 fully saturated rings. The molecule has 4 rings (SSSR count). The highest BCUT2D eigenvalue weighted by Crippen LogP contribution is 2.32. The van der Waals surface area contributed by atoms with Crippen molar-refractivity contribution in [2.24, 2.45) is 0 Å². The number of hydrogen-bond donors (Lipinski definition) is 2. The van der Waals surface area contributed by atoms with Gasteiger partial charge in [-0.05, 0) is 41.1 Å². The Balaban J connectivity index is 1.64. The summed E-state index contributed by atoms with van der Waals surface area (Å²) in [5.41, 5.74) is 7.08. The van der Waals surface area contributed by atoms with Crippen molar-refractivity contribution in [1.82, 2.24) is 9.97 Å². The number of esters is 2. The summed E-state index contributed by atoms with van der Waals surface area (Å²) in [6.07, 6.45) is 1.29. The lowest BCUT2D eigenvalue weighted by atomic mass is 10.1. The average Bonchev–Trinajstić information content (AvgIpc) is 2.85. The monoisotopic (exact) mass is 444 g/mol. The highest BCUT2D eigenvalue weighted by atomic mass is 16.5. The SMILES string of the molecule is COC(=O)c1cc(Nc2ncnc(Oc3ccc4ccccc4c3)c2N)cc(C(=O)OC)c1. The number of ether oxygens (including phenoxy) is 3. The number of fused-ring (bicyclic) bond motifs is 1. The molecule has 33 heavy (non-hydrogen) atoms. The maximum absolute atomic E-state index is 12.0. The Morgan fingerprint density at radius 1 is 0.848 bits per heavy atom. The predicted octanol–water partition coefficient (Wildman–Crippen LogP) is 4.32. The summed E-state index contributed by atoms with van der Waals surface area (Å²) < 4.78 is 15.4. The molecule has 1 heterocycles. The van der Waals surface area contributed by atoms with Crippen LogP contribution in [-0.4, -0.2) is 36.1 Å². The first-order valence-electron chi connectivity index (χ1n) is 9.84. The number of nitrogens with zero attached hydrogens (tertiary/aromatic N) is 2. The Hall–Kier alpha value is -4.66. The van der Waals surface area contributed by atoms with Gasteiger partial charge in [-0.15, -0.1) is 0 Å². The number of nitrogen functional groups attached to an aromatic ring is 1. The lowest BCUT2D eigenvalue weighted by Gasteiger charge is -2.13. The molecule has 0 radical (unpaired) electrons. The second kappa shape index (κ2) is 9.23. The lowest BCUT2D eigenvalue weighted by Crippen LogP contribution is -2.09. The fraction of sp³-hybridized carbons (Fsp3) is 0.0833. The number of methoxy groups -OCH3 is 2. The van der Waals surface area contributed by atoms with Crippen molar-refractivity contribution in [3.05, 3.63) is 78.1 Å². The summed E-state index contributed by atoms with van der Waals surface area (Å²) in [7, 11) is 2.50. The molecular weight excluding hydrogens is 424 g/mol. The molecule has 0 aliphatic heterocycles. The molecule has 0 saturated heterocycles. The quantitative estimate of drug-likeness (QED) is 0.418. The van der Waals surface area contributed by atoms with Gasteiger partial charge >= 0.3 is 11.9 Å². The maximum Gasteiger partial charge on any atom is 0.337 e. The van der Waals surface area contributed by atoms with Crippen molar-refractivity contribution in [1.29, 1.82) is 0 Å². The number of nitrogens with two attached hydrogens (primary N) is 1. The Bertz CT molecular complexity index is 1320. The number of carbonyl (C=O) groups excluding carboxylic acids is 2. The van der Waals surface area contributed by atoms with Crippen molar-refractivity contribution >= 4 is 39.9 Å². The summed E-state index contributed by atoms with van der Waals surface area (Å²) in [6, 6.07) is 17.9. The van der Waals surface area contributed by atoms with E-state index in [1.165, 1.54) is 38.7 Å². The Morgan fingerprint density at radius 2 is 1.52 bits per heavy atom. The maximum atomic E-state index is 12.0. The first kappa shape index (κ1) is 21.6. The van der Waals surface area contributed by atoms with Crippen molar-refractivity contribution in [2.45, 2.75) is 0 Å². The Labute approximate surface area is 189 Å². The van der Waals surface area contributed by atoms with Gasteiger partial charge in [-0.25, -0.2) is 14.6 Å². The third-order valence-electron chi connectivity index (χ3n) is 4.82. The van der Waals surface area contributed by atoms with Crippen LogP contribution in [0, 0.1) is 0 Å². The van der Waals surface area contributed by atoms with Crippen LogP contribution in [0.4, 0.5) is 17.2 Å². The van der Waals surface area contributed by atoms with Crippen LogP contribution in [-0.2, 0) is 9.47 Å². The van der Waals surface area contributed by atoms with E-state index in [2.05, 4.69) is 15.3 Å². The van der Waals surface area contributed by atoms with Crippen LogP contribution < -0.4 is 15.8 Å². The molecule has 0 saturated carbocycles. The highest BCUT2D eigenvalue weighted by molar-refractivity contribution is 5.97. The zero-order valence-electron chi connectivity index (χ0n) is 17.9. The summed E-state index contributed by atoms with van der Waals surface area (Å²) in [5, 5.41) is 5.08. The van der Waals surface area contributed by atoms with Crippen LogP contribution >= 0.6 is 0 Å². The van der Waals surface area contributed by atoms with E-state index in [4.69, 9.17) is 19.9 Å². The fourth-order valence-electron chi connectivity index (χ4n) is 3.21. The minimum Gasteiger partial charge on any atom is -0.465 e. The number of hydrogen-bond acceptors (Lipinski definition) is 9. The van der Waals surface area contributed by atoms with Crippen molar-refractivity contribution < 1.29 is 23.8 Å². The van der Waals surface area contributed by atoms with Gasteiger partial charge in [0.25, 0.3) is 0 Å². The second-order valence-corrected chi connectivity index (χ2v) is 6.96. The van der Waals surface area contributed by atoms with Crippen LogP contribution in [0.3, 0.4) is 0 Å². The summed E-state index contributed by atoms with van der Waals surface area (Å²) in [6.45, 7) is 0. The summed E-state index contributed by atoms with van der Waals surface area (Å²) >= 11 is 0. The Kier molecular flexibility index (Phi) is 6.03.